The third-order valence-electron chi connectivity index (χ3n) is 4.94. The minimum absolute atomic E-state index is 0.0518. The molecular formula is C23H28Cl2N2O2. The second kappa shape index (κ2) is 11.2. The van der Waals surface area contributed by atoms with Crippen molar-refractivity contribution in [2.45, 2.75) is 58.7 Å². The molecule has 0 aliphatic carbocycles. The van der Waals surface area contributed by atoms with Crippen molar-refractivity contribution in [3.05, 3.63) is 69.7 Å². The zero-order valence-electron chi connectivity index (χ0n) is 17.1. The Morgan fingerprint density at radius 3 is 2.31 bits per heavy atom. The zero-order valence-corrected chi connectivity index (χ0v) is 18.6. The number of amides is 2. The summed E-state index contributed by atoms with van der Waals surface area (Å²) in [6.45, 7) is 6.25. The lowest BCUT2D eigenvalue weighted by atomic mass is 10.1. The lowest BCUT2D eigenvalue weighted by molar-refractivity contribution is -0.141. The Hall–Kier alpha value is -2.04. The molecule has 2 atom stereocenters. The monoisotopic (exact) mass is 434 g/mol. The van der Waals surface area contributed by atoms with Crippen LogP contribution in [0.25, 0.3) is 0 Å². The molecule has 156 valence electrons. The number of benzene rings is 2. The Labute approximate surface area is 183 Å². The summed E-state index contributed by atoms with van der Waals surface area (Å²) in [7, 11) is 0. The fourth-order valence-electron chi connectivity index (χ4n) is 3.07. The molecule has 2 amide bonds. The number of halogens is 2. The van der Waals surface area contributed by atoms with Crippen LogP contribution < -0.4 is 5.32 Å². The first-order valence-electron chi connectivity index (χ1n) is 9.93. The van der Waals surface area contributed by atoms with Crippen LogP contribution in [0.2, 0.25) is 10.0 Å². The Balaban J connectivity index is 2.29. The standard InChI is InChI=1S/C23H28Cl2N2O2/c1-4-16(3)26-23(29)21(5-2)27(15-17-9-7-6-8-10-17)22(28)13-18-11-12-19(24)14-20(18)25/h6-12,14,16,21H,4-5,13,15H2,1-3H3,(H,26,29). The van der Waals surface area contributed by atoms with E-state index < -0.39 is 6.04 Å². The van der Waals surface area contributed by atoms with E-state index in [1.165, 1.54) is 0 Å². The van der Waals surface area contributed by atoms with Gasteiger partial charge in [0.15, 0.2) is 0 Å². The Bertz CT molecular complexity index is 827. The van der Waals surface area contributed by atoms with Crippen LogP contribution in [0.5, 0.6) is 0 Å². The lowest BCUT2D eigenvalue weighted by Crippen LogP contribution is -2.51. The maximum Gasteiger partial charge on any atom is 0.243 e. The Kier molecular flexibility index (Phi) is 8.99. The predicted molar refractivity (Wildman–Crippen MR) is 119 cm³/mol. The highest BCUT2D eigenvalue weighted by molar-refractivity contribution is 6.35. The van der Waals surface area contributed by atoms with Crippen molar-refractivity contribution in [1.82, 2.24) is 10.2 Å². The minimum atomic E-state index is -0.553. The second-order valence-corrected chi connectivity index (χ2v) is 8.01. The van der Waals surface area contributed by atoms with Gasteiger partial charge in [-0.05, 0) is 43.0 Å². The number of nitrogens with zero attached hydrogens (tertiary/aromatic N) is 1. The van der Waals surface area contributed by atoms with Crippen molar-refractivity contribution in [1.29, 1.82) is 0 Å². The fraction of sp³-hybridized carbons (Fsp3) is 0.391. The van der Waals surface area contributed by atoms with Crippen LogP contribution in [0.1, 0.15) is 44.7 Å². The summed E-state index contributed by atoms with van der Waals surface area (Å²) in [5, 5.41) is 3.98. The van der Waals surface area contributed by atoms with Crippen molar-refractivity contribution in [3.63, 3.8) is 0 Å². The molecule has 0 aliphatic heterocycles. The summed E-state index contributed by atoms with van der Waals surface area (Å²) in [5.74, 6) is -0.280. The largest absolute Gasteiger partial charge is 0.352 e. The van der Waals surface area contributed by atoms with Gasteiger partial charge in [-0.25, -0.2) is 0 Å². The molecule has 0 spiro atoms. The molecule has 0 aliphatic rings. The molecule has 0 fully saturated rings. The fourth-order valence-corrected chi connectivity index (χ4v) is 3.55. The molecule has 0 saturated carbocycles. The van der Waals surface area contributed by atoms with Gasteiger partial charge in [-0.3, -0.25) is 9.59 Å². The highest BCUT2D eigenvalue weighted by Crippen LogP contribution is 2.23. The molecular weight excluding hydrogens is 407 g/mol. The highest BCUT2D eigenvalue weighted by Gasteiger charge is 2.29. The molecule has 0 saturated heterocycles. The minimum Gasteiger partial charge on any atom is -0.352 e. The maximum absolute atomic E-state index is 13.3. The van der Waals surface area contributed by atoms with E-state index in [2.05, 4.69) is 5.32 Å². The van der Waals surface area contributed by atoms with E-state index in [-0.39, 0.29) is 24.3 Å². The van der Waals surface area contributed by atoms with Crippen molar-refractivity contribution in [2.75, 3.05) is 0 Å². The van der Waals surface area contributed by atoms with E-state index in [0.29, 0.717) is 28.6 Å². The van der Waals surface area contributed by atoms with Gasteiger partial charge in [0.1, 0.15) is 6.04 Å². The molecule has 2 rings (SSSR count). The second-order valence-electron chi connectivity index (χ2n) is 7.16. The number of nitrogens with one attached hydrogen (secondary N) is 1. The average molecular weight is 435 g/mol. The molecule has 0 heterocycles. The van der Waals surface area contributed by atoms with E-state index in [0.717, 1.165) is 12.0 Å². The van der Waals surface area contributed by atoms with Crippen LogP contribution in [0.4, 0.5) is 0 Å². The van der Waals surface area contributed by atoms with Crippen LogP contribution >= 0.6 is 23.2 Å². The Morgan fingerprint density at radius 2 is 1.72 bits per heavy atom. The molecule has 0 radical (unpaired) electrons. The first-order chi connectivity index (χ1) is 13.8. The van der Waals surface area contributed by atoms with Gasteiger partial charge in [-0.2, -0.15) is 0 Å². The van der Waals surface area contributed by atoms with E-state index in [1.54, 1.807) is 23.1 Å². The van der Waals surface area contributed by atoms with E-state index in [9.17, 15) is 9.59 Å². The SMILES string of the molecule is CCC(C)NC(=O)C(CC)N(Cc1ccccc1)C(=O)Cc1ccc(Cl)cc1Cl. The molecule has 2 unspecified atom stereocenters. The maximum atomic E-state index is 13.3. The molecule has 0 bridgehead atoms. The summed E-state index contributed by atoms with van der Waals surface area (Å²) in [4.78, 5) is 27.8. The van der Waals surface area contributed by atoms with Gasteiger partial charge in [0.25, 0.3) is 0 Å². The normalized spacial score (nSPS) is 12.9. The summed E-state index contributed by atoms with van der Waals surface area (Å²) < 4.78 is 0. The van der Waals surface area contributed by atoms with Gasteiger partial charge in [0.2, 0.25) is 11.8 Å². The summed E-state index contributed by atoms with van der Waals surface area (Å²) in [5.41, 5.74) is 1.66. The van der Waals surface area contributed by atoms with Gasteiger partial charge in [-0.15, -0.1) is 0 Å². The van der Waals surface area contributed by atoms with Crippen LogP contribution in [-0.2, 0) is 22.6 Å². The van der Waals surface area contributed by atoms with Gasteiger partial charge in [-0.1, -0.05) is 73.4 Å². The average Bonchev–Trinajstić information content (AvgIpc) is 2.70. The summed E-state index contributed by atoms with van der Waals surface area (Å²) in [6, 6.07) is 14.3. The number of hydrogen-bond donors (Lipinski definition) is 1. The van der Waals surface area contributed by atoms with Crippen molar-refractivity contribution < 1.29 is 9.59 Å². The van der Waals surface area contributed by atoms with Crippen LogP contribution in [-0.4, -0.2) is 28.8 Å². The molecule has 1 N–H and O–H groups in total. The third-order valence-corrected chi connectivity index (χ3v) is 5.53. The van der Waals surface area contributed by atoms with Gasteiger partial charge in [0, 0.05) is 22.6 Å². The quantitative estimate of drug-likeness (QED) is 0.584. The molecule has 4 nitrogen and oxygen atoms in total. The molecule has 29 heavy (non-hydrogen) atoms. The number of hydrogen-bond acceptors (Lipinski definition) is 2. The first-order valence-corrected chi connectivity index (χ1v) is 10.7. The topological polar surface area (TPSA) is 49.4 Å². The van der Waals surface area contributed by atoms with Crippen molar-refractivity contribution in [2.24, 2.45) is 0 Å². The summed E-state index contributed by atoms with van der Waals surface area (Å²) >= 11 is 12.2. The molecule has 2 aromatic rings. The molecule has 6 heteroatoms. The Morgan fingerprint density at radius 1 is 1.03 bits per heavy atom. The van der Waals surface area contributed by atoms with Crippen LogP contribution in [0.15, 0.2) is 48.5 Å². The predicted octanol–water partition coefficient (Wildman–Crippen LogP) is 5.26. The van der Waals surface area contributed by atoms with Crippen LogP contribution in [0, 0.1) is 0 Å². The highest BCUT2D eigenvalue weighted by atomic mass is 35.5. The van der Waals surface area contributed by atoms with Gasteiger partial charge >= 0.3 is 0 Å². The third kappa shape index (κ3) is 6.76. The summed E-state index contributed by atoms with van der Waals surface area (Å²) in [6.07, 6.45) is 1.46. The van der Waals surface area contributed by atoms with E-state index >= 15 is 0 Å². The van der Waals surface area contributed by atoms with Gasteiger partial charge in [0.05, 0.1) is 6.42 Å². The number of carbonyl (C=O) groups excluding carboxylic acids is 2. The number of carbonyl (C=O) groups is 2. The van der Waals surface area contributed by atoms with Crippen LogP contribution in [0.3, 0.4) is 0 Å². The first kappa shape index (κ1) is 23.2. The van der Waals surface area contributed by atoms with Crippen molar-refractivity contribution >= 4 is 35.0 Å². The zero-order chi connectivity index (χ0) is 21.4. The van der Waals surface area contributed by atoms with E-state index in [4.69, 9.17) is 23.2 Å². The van der Waals surface area contributed by atoms with Gasteiger partial charge < -0.3 is 10.2 Å². The van der Waals surface area contributed by atoms with E-state index in [1.807, 2.05) is 51.1 Å². The molecule has 0 aromatic heterocycles. The number of rotatable bonds is 9. The smallest absolute Gasteiger partial charge is 0.243 e. The van der Waals surface area contributed by atoms with Crippen molar-refractivity contribution in [3.8, 4) is 0 Å². The lowest BCUT2D eigenvalue weighted by Gasteiger charge is -2.31. The molecule has 2 aromatic carbocycles.